The second-order valence-corrected chi connectivity index (χ2v) is 6.14. The number of aromatic nitrogens is 2. The van der Waals surface area contributed by atoms with Gasteiger partial charge in [-0.2, -0.15) is 0 Å². The summed E-state index contributed by atoms with van der Waals surface area (Å²) in [4.78, 5) is 4.89. The first-order valence-corrected chi connectivity index (χ1v) is 7.39. The molecule has 0 amide bonds. The third-order valence-electron chi connectivity index (χ3n) is 4.07. The Morgan fingerprint density at radius 3 is 3.00 bits per heavy atom. The van der Waals surface area contributed by atoms with Gasteiger partial charge in [-0.1, -0.05) is 25.4 Å². The van der Waals surface area contributed by atoms with Gasteiger partial charge in [-0.05, 0) is 37.6 Å². The normalized spacial score (nSPS) is 23.3. The lowest BCUT2D eigenvalue weighted by Crippen LogP contribution is -2.29. The van der Waals surface area contributed by atoms with E-state index in [1.807, 2.05) is 18.2 Å². The Kier molecular flexibility index (Phi) is 3.27. The summed E-state index contributed by atoms with van der Waals surface area (Å²) >= 11 is 6.14. The van der Waals surface area contributed by atoms with Crippen LogP contribution >= 0.6 is 11.6 Å². The van der Waals surface area contributed by atoms with Gasteiger partial charge in [0.15, 0.2) is 0 Å². The van der Waals surface area contributed by atoms with Crippen molar-refractivity contribution in [3.8, 4) is 0 Å². The maximum absolute atomic E-state index is 6.14. The van der Waals surface area contributed by atoms with Gasteiger partial charge < -0.3 is 9.88 Å². The Hall–Kier alpha value is -1.06. The molecule has 102 valence electrons. The number of nitrogens with one attached hydrogen (secondary N) is 1. The highest BCUT2D eigenvalue weighted by atomic mass is 35.5. The molecule has 0 saturated carbocycles. The topological polar surface area (TPSA) is 29.9 Å². The van der Waals surface area contributed by atoms with Crippen LogP contribution in [0.4, 0.5) is 0 Å². The van der Waals surface area contributed by atoms with E-state index in [9.17, 15) is 0 Å². The minimum Gasteiger partial charge on any atom is -0.327 e. The molecule has 2 heterocycles. The smallest absolute Gasteiger partial charge is 0.117 e. The van der Waals surface area contributed by atoms with Crippen molar-refractivity contribution in [3.05, 3.63) is 29.0 Å². The van der Waals surface area contributed by atoms with Gasteiger partial charge in [0.1, 0.15) is 5.82 Å². The lowest BCUT2D eigenvalue weighted by Gasteiger charge is -2.23. The molecule has 0 aliphatic carbocycles. The zero-order chi connectivity index (χ0) is 13.5. The average molecular weight is 278 g/mol. The zero-order valence-corrected chi connectivity index (χ0v) is 12.3. The molecule has 0 spiro atoms. The van der Waals surface area contributed by atoms with Crippen LogP contribution in [0.25, 0.3) is 11.0 Å². The Balaban J connectivity index is 2.20. The molecule has 1 fully saturated rings. The molecule has 1 N–H and O–H groups in total. The van der Waals surface area contributed by atoms with Gasteiger partial charge in [-0.25, -0.2) is 4.98 Å². The molecule has 1 aliphatic heterocycles. The number of hydrogen-bond acceptors (Lipinski definition) is 2. The van der Waals surface area contributed by atoms with Gasteiger partial charge in [0.05, 0.1) is 11.0 Å². The van der Waals surface area contributed by atoms with E-state index in [4.69, 9.17) is 16.6 Å². The number of rotatable bonds is 3. The van der Waals surface area contributed by atoms with Crippen molar-refractivity contribution in [2.45, 2.75) is 38.6 Å². The van der Waals surface area contributed by atoms with Crippen molar-refractivity contribution in [3.63, 3.8) is 0 Å². The van der Waals surface area contributed by atoms with Crippen LogP contribution in [0.15, 0.2) is 18.2 Å². The summed E-state index contributed by atoms with van der Waals surface area (Å²) in [7, 11) is 0. The Labute approximate surface area is 119 Å². The number of halogens is 1. The van der Waals surface area contributed by atoms with Gasteiger partial charge in [0, 0.05) is 23.5 Å². The molecule has 1 atom stereocenters. The third-order valence-corrected chi connectivity index (χ3v) is 4.30. The average Bonchev–Trinajstić information content (AvgIpc) is 2.96. The van der Waals surface area contributed by atoms with Crippen molar-refractivity contribution in [1.29, 1.82) is 0 Å². The minimum absolute atomic E-state index is 0.140. The maximum Gasteiger partial charge on any atom is 0.117 e. The monoisotopic (exact) mass is 277 g/mol. The summed E-state index contributed by atoms with van der Waals surface area (Å²) < 4.78 is 2.36. The van der Waals surface area contributed by atoms with E-state index in [2.05, 4.69) is 23.7 Å². The van der Waals surface area contributed by atoms with E-state index < -0.39 is 0 Å². The molecule has 4 heteroatoms. The summed E-state index contributed by atoms with van der Waals surface area (Å²) in [6.07, 6.45) is 2.25. The molecule has 1 saturated heterocycles. The standard InChI is InChI=1S/C15H20ClN3/c1-3-8-19-13-9-11(16)4-5-12(13)18-14(19)15(2)6-7-17-10-15/h4-5,9,17H,3,6-8,10H2,1-2H3. The fourth-order valence-electron chi connectivity index (χ4n) is 3.01. The molecule has 0 radical (unpaired) electrons. The molecule has 3 rings (SSSR count). The molecule has 19 heavy (non-hydrogen) atoms. The van der Waals surface area contributed by atoms with Crippen LogP contribution < -0.4 is 5.32 Å². The molecular weight excluding hydrogens is 258 g/mol. The van der Waals surface area contributed by atoms with Crippen LogP contribution in [-0.4, -0.2) is 22.6 Å². The molecular formula is C15H20ClN3. The SMILES string of the molecule is CCCn1c(C2(C)CCNC2)nc2ccc(Cl)cc21. The van der Waals surface area contributed by atoms with E-state index in [-0.39, 0.29) is 5.41 Å². The van der Waals surface area contributed by atoms with Crippen LogP contribution in [0.2, 0.25) is 5.02 Å². The van der Waals surface area contributed by atoms with Crippen molar-refractivity contribution in [1.82, 2.24) is 14.9 Å². The van der Waals surface area contributed by atoms with Gasteiger partial charge in [-0.15, -0.1) is 0 Å². The fourth-order valence-corrected chi connectivity index (χ4v) is 3.18. The van der Waals surface area contributed by atoms with E-state index in [1.54, 1.807) is 0 Å². The molecule has 1 aromatic heterocycles. The lowest BCUT2D eigenvalue weighted by atomic mass is 9.89. The molecule has 1 aliphatic rings. The van der Waals surface area contributed by atoms with Crippen LogP contribution in [-0.2, 0) is 12.0 Å². The second-order valence-electron chi connectivity index (χ2n) is 5.71. The predicted molar refractivity (Wildman–Crippen MR) is 79.9 cm³/mol. The number of imidazole rings is 1. The van der Waals surface area contributed by atoms with Gasteiger partial charge in [0.2, 0.25) is 0 Å². The van der Waals surface area contributed by atoms with E-state index in [0.29, 0.717) is 0 Å². The number of benzene rings is 1. The van der Waals surface area contributed by atoms with E-state index >= 15 is 0 Å². The highest BCUT2D eigenvalue weighted by Crippen LogP contribution is 2.33. The molecule has 0 bridgehead atoms. The van der Waals surface area contributed by atoms with Crippen LogP contribution in [0.1, 0.15) is 32.5 Å². The van der Waals surface area contributed by atoms with Crippen molar-refractivity contribution < 1.29 is 0 Å². The summed E-state index contributed by atoms with van der Waals surface area (Å²) in [5, 5.41) is 4.24. The zero-order valence-electron chi connectivity index (χ0n) is 11.5. The molecule has 3 nitrogen and oxygen atoms in total. The third kappa shape index (κ3) is 2.15. The predicted octanol–water partition coefficient (Wildman–Crippen LogP) is 3.35. The first-order chi connectivity index (χ1) is 9.14. The summed E-state index contributed by atoms with van der Waals surface area (Å²) in [6, 6.07) is 5.99. The fraction of sp³-hybridized carbons (Fsp3) is 0.533. The van der Waals surface area contributed by atoms with Crippen LogP contribution in [0.5, 0.6) is 0 Å². The van der Waals surface area contributed by atoms with E-state index in [0.717, 1.165) is 48.5 Å². The van der Waals surface area contributed by atoms with Crippen LogP contribution in [0.3, 0.4) is 0 Å². The van der Waals surface area contributed by atoms with Crippen molar-refractivity contribution in [2.75, 3.05) is 13.1 Å². The highest BCUT2D eigenvalue weighted by molar-refractivity contribution is 6.31. The minimum atomic E-state index is 0.140. The Bertz CT molecular complexity index is 597. The molecule has 1 aromatic carbocycles. The van der Waals surface area contributed by atoms with Gasteiger partial charge >= 0.3 is 0 Å². The number of hydrogen-bond donors (Lipinski definition) is 1. The van der Waals surface area contributed by atoms with E-state index in [1.165, 1.54) is 5.82 Å². The van der Waals surface area contributed by atoms with Gasteiger partial charge in [0.25, 0.3) is 0 Å². The Morgan fingerprint density at radius 2 is 2.32 bits per heavy atom. The number of nitrogens with zero attached hydrogens (tertiary/aromatic N) is 2. The first kappa shape index (κ1) is 12.9. The largest absolute Gasteiger partial charge is 0.327 e. The van der Waals surface area contributed by atoms with Crippen molar-refractivity contribution >= 4 is 22.6 Å². The van der Waals surface area contributed by atoms with Crippen molar-refractivity contribution in [2.24, 2.45) is 0 Å². The molecule has 1 unspecified atom stereocenters. The number of aryl methyl sites for hydroxylation is 1. The van der Waals surface area contributed by atoms with Crippen LogP contribution in [0, 0.1) is 0 Å². The maximum atomic E-state index is 6.14. The van der Waals surface area contributed by atoms with Gasteiger partial charge in [-0.3, -0.25) is 0 Å². The molecule has 2 aromatic rings. The highest BCUT2D eigenvalue weighted by Gasteiger charge is 2.35. The Morgan fingerprint density at radius 1 is 1.47 bits per heavy atom. The quantitative estimate of drug-likeness (QED) is 0.932. The second kappa shape index (κ2) is 4.80. The summed E-state index contributed by atoms with van der Waals surface area (Å²) in [5.74, 6) is 1.21. The first-order valence-electron chi connectivity index (χ1n) is 7.01. The number of fused-ring (bicyclic) bond motifs is 1. The summed E-state index contributed by atoms with van der Waals surface area (Å²) in [6.45, 7) is 7.60. The summed E-state index contributed by atoms with van der Waals surface area (Å²) in [5.41, 5.74) is 2.36. The lowest BCUT2D eigenvalue weighted by molar-refractivity contribution is 0.458.